The molecule has 0 aliphatic carbocycles. The molecule has 4 rings (SSSR count). The van der Waals surface area contributed by atoms with Crippen molar-refractivity contribution in [2.75, 3.05) is 17.2 Å². The Balaban J connectivity index is 1.56. The molecular weight excluding hydrogens is 396 g/mol. The highest BCUT2D eigenvalue weighted by molar-refractivity contribution is 7.99. The summed E-state index contributed by atoms with van der Waals surface area (Å²) in [6.07, 6.45) is 1.62. The molecule has 0 saturated carbocycles. The van der Waals surface area contributed by atoms with E-state index >= 15 is 0 Å². The highest BCUT2D eigenvalue weighted by Crippen LogP contribution is 2.26. The minimum Gasteiger partial charge on any atom is -0.461 e. The first-order valence-electron chi connectivity index (χ1n) is 9.75. The quantitative estimate of drug-likeness (QED) is 0.387. The molecule has 7 heteroatoms. The summed E-state index contributed by atoms with van der Waals surface area (Å²) in [5.41, 5.74) is 2.02. The largest absolute Gasteiger partial charge is 0.461 e. The summed E-state index contributed by atoms with van der Waals surface area (Å²) in [4.78, 5) is 14.7. The molecule has 0 spiro atoms. The number of anilines is 1. The van der Waals surface area contributed by atoms with Crippen LogP contribution in [0.1, 0.15) is 12.5 Å². The third kappa shape index (κ3) is 4.46. The molecule has 152 valence electrons. The maximum absolute atomic E-state index is 12.9. The molecule has 4 aromatic rings. The lowest BCUT2D eigenvalue weighted by Crippen LogP contribution is -2.32. The fourth-order valence-electron chi connectivity index (χ4n) is 3.21. The van der Waals surface area contributed by atoms with Crippen LogP contribution in [0.2, 0.25) is 0 Å². The lowest BCUT2D eigenvalue weighted by atomic mass is 10.2. The number of carbonyl (C=O) groups is 1. The van der Waals surface area contributed by atoms with Gasteiger partial charge in [-0.3, -0.25) is 9.36 Å². The second kappa shape index (κ2) is 9.45. The van der Waals surface area contributed by atoms with Crippen molar-refractivity contribution in [1.82, 2.24) is 14.8 Å². The van der Waals surface area contributed by atoms with Crippen LogP contribution in [0.15, 0.2) is 88.6 Å². The third-order valence-corrected chi connectivity index (χ3v) is 5.60. The van der Waals surface area contributed by atoms with E-state index in [2.05, 4.69) is 22.3 Å². The molecule has 0 bridgehead atoms. The molecule has 30 heavy (non-hydrogen) atoms. The molecule has 0 radical (unpaired) electrons. The first-order valence-corrected chi connectivity index (χ1v) is 10.7. The van der Waals surface area contributed by atoms with E-state index in [0.29, 0.717) is 29.8 Å². The lowest BCUT2D eigenvalue weighted by Gasteiger charge is -2.20. The van der Waals surface area contributed by atoms with Gasteiger partial charge in [0.15, 0.2) is 10.9 Å². The summed E-state index contributed by atoms with van der Waals surface area (Å²) < 4.78 is 7.53. The maximum atomic E-state index is 12.9. The van der Waals surface area contributed by atoms with Crippen molar-refractivity contribution in [2.24, 2.45) is 0 Å². The van der Waals surface area contributed by atoms with Crippen LogP contribution < -0.4 is 4.90 Å². The Morgan fingerprint density at radius 1 is 1.00 bits per heavy atom. The fraction of sp³-hybridized carbons (Fsp3) is 0.174. The molecule has 0 saturated heterocycles. The molecule has 1 amide bonds. The number of amides is 1. The number of furan rings is 1. The van der Waals surface area contributed by atoms with Gasteiger partial charge in [0, 0.05) is 12.2 Å². The standard InChI is InChI=1S/C23H22N4O2S/c1-2-26(19-12-7-4-8-13-19)21(28)17-30-23-25-24-22(20-14-9-15-29-20)27(23)16-18-10-5-3-6-11-18/h3-15H,2,16-17H2,1H3. The predicted octanol–water partition coefficient (Wildman–Crippen LogP) is 4.73. The van der Waals surface area contributed by atoms with Crippen LogP contribution in [0, 0.1) is 0 Å². The van der Waals surface area contributed by atoms with Crippen LogP contribution in [-0.4, -0.2) is 33.0 Å². The summed E-state index contributed by atoms with van der Waals surface area (Å²) in [7, 11) is 0. The normalized spacial score (nSPS) is 10.8. The molecule has 6 nitrogen and oxygen atoms in total. The number of thioether (sulfide) groups is 1. The number of benzene rings is 2. The summed E-state index contributed by atoms with van der Waals surface area (Å²) in [6.45, 7) is 3.18. The molecular formula is C23H22N4O2S. The number of nitrogens with zero attached hydrogens (tertiary/aromatic N) is 4. The third-order valence-electron chi connectivity index (χ3n) is 4.65. The Labute approximate surface area is 179 Å². The first-order chi connectivity index (χ1) is 14.8. The van der Waals surface area contributed by atoms with E-state index in [-0.39, 0.29) is 11.7 Å². The Hall–Kier alpha value is -3.32. The van der Waals surface area contributed by atoms with Crippen molar-refractivity contribution < 1.29 is 9.21 Å². The molecule has 0 N–H and O–H groups in total. The minimum absolute atomic E-state index is 0.0301. The van der Waals surface area contributed by atoms with Gasteiger partial charge in [0.1, 0.15) is 0 Å². The zero-order chi connectivity index (χ0) is 20.8. The van der Waals surface area contributed by atoms with E-state index in [1.54, 1.807) is 11.2 Å². The molecule has 2 aromatic carbocycles. The number of carbonyl (C=O) groups excluding carboxylic acids is 1. The van der Waals surface area contributed by atoms with Crippen molar-refractivity contribution >= 4 is 23.4 Å². The van der Waals surface area contributed by atoms with E-state index in [1.807, 2.05) is 72.2 Å². The van der Waals surface area contributed by atoms with Crippen molar-refractivity contribution in [3.8, 4) is 11.6 Å². The van der Waals surface area contributed by atoms with Crippen LogP contribution in [0.3, 0.4) is 0 Å². The van der Waals surface area contributed by atoms with Crippen LogP contribution in [0.4, 0.5) is 5.69 Å². The van der Waals surface area contributed by atoms with Crippen molar-refractivity contribution in [1.29, 1.82) is 0 Å². The second-order valence-corrected chi connectivity index (χ2v) is 7.56. The fourth-order valence-corrected chi connectivity index (χ4v) is 4.02. The van der Waals surface area contributed by atoms with Gasteiger partial charge >= 0.3 is 0 Å². The smallest absolute Gasteiger partial charge is 0.237 e. The number of hydrogen-bond acceptors (Lipinski definition) is 5. The van der Waals surface area contributed by atoms with Crippen molar-refractivity contribution in [2.45, 2.75) is 18.6 Å². The molecule has 0 fully saturated rings. The van der Waals surface area contributed by atoms with Crippen LogP contribution in [0.5, 0.6) is 0 Å². The highest BCUT2D eigenvalue weighted by atomic mass is 32.2. The lowest BCUT2D eigenvalue weighted by molar-refractivity contribution is -0.116. The van der Waals surface area contributed by atoms with Crippen LogP contribution in [0.25, 0.3) is 11.6 Å². The monoisotopic (exact) mass is 418 g/mol. The average Bonchev–Trinajstić information content (AvgIpc) is 3.44. The minimum atomic E-state index is 0.0301. The van der Waals surface area contributed by atoms with Gasteiger partial charge in [-0.15, -0.1) is 10.2 Å². The molecule has 0 atom stereocenters. The topological polar surface area (TPSA) is 64.2 Å². The van der Waals surface area contributed by atoms with Gasteiger partial charge in [-0.25, -0.2) is 0 Å². The molecule has 2 aromatic heterocycles. The summed E-state index contributed by atoms with van der Waals surface area (Å²) in [5.74, 6) is 1.60. The predicted molar refractivity (Wildman–Crippen MR) is 118 cm³/mol. The van der Waals surface area contributed by atoms with Crippen molar-refractivity contribution in [3.63, 3.8) is 0 Å². The number of para-hydroxylation sites is 1. The van der Waals surface area contributed by atoms with Gasteiger partial charge in [0.2, 0.25) is 11.7 Å². The van der Waals surface area contributed by atoms with Gasteiger partial charge in [0.25, 0.3) is 0 Å². The van der Waals surface area contributed by atoms with Gasteiger partial charge in [0.05, 0.1) is 18.6 Å². The van der Waals surface area contributed by atoms with E-state index < -0.39 is 0 Å². The SMILES string of the molecule is CCN(C(=O)CSc1nnc(-c2ccco2)n1Cc1ccccc1)c1ccccc1. The summed E-state index contributed by atoms with van der Waals surface area (Å²) in [5, 5.41) is 9.36. The summed E-state index contributed by atoms with van der Waals surface area (Å²) in [6, 6.07) is 23.5. The van der Waals surface area contributed by atoms with Gasteiger partial charge < -0.3 is 9.32 Å². The number of aromatic nitrogens is 3. The number of rotatable bonds is 8. The molecule has 0 aliphatic rings. The van der Waals surface area contributed by atoms with Crippen LogP contribution >= 0.6 is 11.8 Å². The first kappa shape index (κ1) is 20.0. The Morgan fingerprint density at radius 2 is 1.73 bits per heavy atom. The van der Waals surface area contributed by atoms with Gasteiger partial charge in [-0.2, -0.15) is 0 Å². The van der Waals surface area contributed by atoms with Gasteiger partial charge in [-0.1, -0.05) is 60.3 Å². The van der Waals surface area contributed by atoms with E-state index in [0.717, 1.165) is 11.3 Å². The molecule has 0 unspecified atom stereocenters. The summed E-state index contributed by atoms with van der Waals surface area (Å²) >= 11 is 1.39. The van der Waals surface area contributed by atoms with E-state index in [9.17, 15) is 4.79 Å². The highest BCUT2D eigenvalue weighted by Gasteiger charge is 2.20. The average molecular weight is 419 g/mol. The second-order valence-electron chi connectivity index (χ2n) is 6.62. The number of hydrogen-bond donors (Lipinski definition) is 0. The van der Waals surface area contributed by atoms with Crippen LogP contribution in [-0.2, 0) is 11.3 Å². The Bertz CT molecular complexity index is 1080. The Morgan fingerprint density at radius 3 is 2.40 bits per heavy atom. The molecule has 0 aliphatic heterocycles. The van der Waals surface area contributed by atoms with E-state index in [1.165, 1.54) is 11.8 Å². The maximum Gasteiger partial charge on any atom is 0.237 e. The zero-order valence-electron chi connectivity index (χ0n) is 16.6. The van der Waals surface area contributed by atoms with Gasteiger partial charge in [-0.05, 0) is 36.8 Å². The van der Waals surface area contributed by atoms with E-state index in [4.69, 9.17) is 4.42 Å². The molecule has 2 heterocycles. The van der Waals surface area contributed by atoms with Crippen molar-refractivity contribution in [3.05, 3.63) is 84.6 Å². The Kier molecular flexibility index (Phi) is 6.29. The zero-order valence-corrected chi connectivity index (χ0v) is 17.5.